The predicted molar refractivity (Wildman–Crippen MR) is 121 cm³/mol. The molecule has 0 saturated heterocycles. The van der Waals surface area contributed by atoms with E-state index < -0.39 is 6.61 Å². The van der Waals surface area contributed by atoms with E-state index in [9.17, 15) is 8.78 Å². The van der Waals surface area contributed by atoms with E-state index in [1.807, 2.05) is 6.07 Å². The molecule has 1 atom stereocenters. The molecule has 0 spiro atoms. The SMILES string of the molecule is CCOc1cccc(CNC(=NC)NCC(C)c2cccs2)c1OC(F)F.I. The monoisotopic (exact) mass is 525 g/mol. The Labute approximate surface area is 185 Å². The summed E-state index contributed by atoms with van der Waals surface area (Å²) in [5, 5.41) is 8.43. The van der Waals surface area contributed by atoms with Crippen LogP contribution >= 0.6 is 35.3 Å². The Hall–Kier alpha value is -1.62. The molecule has 1 heterocycles. The van der Waals surface area contributed by atoms with E-state index in [0.717, 1.165) is 0 Å². The van der Waals surface area contributed by atoms with Crippen molar-refractivity contribution in [3.63, 3.8) is 0 Å². The van der Waals surface area contributed by atoms with Crippen LogP contribution in [0.15, 0.2) is 40.7 Å². The van der Waals surface area contributed by atoms with Gasteiger partial charge in [-0.05, 0) is 24.4 Å². The Morgan fingerprint density at radius 2 is 2.00 bits per heavy atom. The highest BCUT2D eigenvalue weighted by molar-refractivity contribution is 14.0. The Bertz CT molecular complexity index is 730. The molecule has 1 aromatic carbocycles. The van der Waals surface area contributed by atoms with E-state index >= 15 is 0 Å². The van der Waals surface area contributed by atoms with E-state index in [1.165, 1.54) is 4.88 Å². The molecule has 0 fully saturated rings. The van der Waals surface area contributed by atoms with Gasteiger partial charge in [0.1, 0.15) is 0 Å². The van der Waals surface area contributed by atoms with Crippen LogP contribution in [0.5, 0.6) is 11.5 Å². The normalized spacial score (nSPS) is 12.3. The molecular formula is C19H26F2IN3O2S. The third-order valence-electron chi connectivity index (χ3n) is 3.84. The molecule has 0 saturated carbocycles. The molecule has 9 heteroatoms. The molecular weight excluding hydrogens is 499 g/mol. The van der Waals surface area contributed by atoms with Crippen LogP contribution in [0.2, 0.25) is 0 Å². The molecule has 2 rings (SSSR count). The number of hydrogen-bond acceptors (Lipinski definition) is 4. The molecule has 156 valence electrons. The Morgan fingerprint density at radius 3 is 2.61 bits per heavy atom. The largest absolute Gasteiger partial charge is 0.490 e. The summed E-state index contributed by atoms with van der Waals surface area (Å²) in [6, 6.07) is 9.20. The molecule has 2 aromatic rings. The minimum Gasteiger partial charge on any atom is -0.490 e. The molecule has 2 N–H and O–H groups in total. The van der Waals surface area contributed by atoms with E-state index in [0.29, 0.717) is 36.3 Å². The number of aliphatic imine (C=N–C) groups is 1. The number of thiophene rings is 1. The second-order valence-corrected chi connectivity index (χ2v) is 6.76. The molecule has 0 aliphatic carbocycles. The van der Waals surface area contributed by atoms with Crippen LogP contribution in [-0.2, 0) is 6.54 Å². The highest BCUT2D eigenvalue weighted by atomic mass is 127. The maximum absolute atomic E-state index is 12.8. The van der Waals surface area contributed by atoms with Gasteiger partial charge in [0.05, 0.1) is 6.61 Å². The van der Waals surface area contributed by atoms with Crippen molar-refractivity contribution in [3.8, 4) is 11.5 Å². The fourth-order valence-corrected chi connectivity index (χ4v) is 3.30. The highest BCUT2D eigenvalue weighted by Crippen LogP contribution is 2.32. The zero-order valence-electron chi connectivity index (χ0n) is 16.1. The molecule has 1 aromatic heterocycles. The smallest absolute Gasteiger partial charge is 0.387 e. The standard InChI is InChI=1S/C19H25F2N3O2S.HI/c1-4-25-15-8-5-7-14(17(15)26-18(20)21)12-24-19(22-3)23-11-13(2)16-9-6-10-27-16;/h5-10,13,18H,4,11-12H2,1-3H3,(H2,22,23,24);1H. The summed E-state index contributed by atoms with van der Waals surface area (Å²) in [5.41, 5.74) is 0.565. The molecule has 0 aliphatic rings. The number of alkyl halides is 2. The molecule has 5 nitrogen and oxygen atoms in total. The Morgan fingerprint density at radius 1 is 1.21 bits per heavy atom. The Balaban J connectivity index is 0.00000392. The van der Waals surface area contributed by atoms with Crippen LogP contribution in [-0.4, -0.2) is 32.8 Å². The van der Waals surface area contributed by atoms with Gasteiger partial charge in [-0.2, -0.15) is 8.78 Å². The van der Waals surface area contributed by atoms with E-state index in [4.69, 9.17) is 4.74 Å². The van der Waals surface area contributed by atoms with Gasteiger partial charge < -0.3 is 20.1 Å². The van der Waals surface area contributed by atoms with E-state index in [2.05, 4.69) is 38.7 Å². The maximum Gasteiger partial charge on any atom is 0.387 e. The van der Waals surface area contributed by atoms with E-state index in [1.54, 1.807) is 43.5 Å². The topological polar surface area (TPSA) is 54.9 Å². The summed E-state index contributed by atoms with van der Waals surface area (Å²) < 4.78 is 35.7. The van der Waals surface area contributed by atoms with Gasteiger partial charge in [-0.1, -0.05) is 25.1 Å². The molecule has 0 amide bonds. The predicted octanol–water partition coefficient (Wildman–Crippen LogP) is 4.83. The maximum atomic E-state index is 12.8. The van der Waals surface area contributed by atoms with Crippen molar-refractivity contribution in [1.29, 1.82) is 0 Å². The first-order valence-electron chi connectivity index (χ1n) is 8.72. The lowest BCUT2D eigenvalue weighted by atomic mass is 10.1. The average Bonchev–Trinajstić information content (AvgIpc) is 3.18. The zero-order valence-corrected chi connectivity index (χ0v) is 19.2. The molecule has 0 bridgehead atoms. The lowest BCUT2D eigenvalue weighted by molar-refractivity contribution is -0.0520. The number of nitrogens with zero attached hydrogens (tertiary/aromatic N) is 1. The minimum atomic E-state index is -2.92. The zero-order chi connectivity index (χ0) is 19.6. The van der Waals surface area contributed by atoms with Gasteiger partial charge in [0, 0.05) is 36.5 Å². The number of guanidine groups is 1. The molecule has 0 aliphatic heterocycles. The van der Waals surface area contributed by atoms with Gasteiger partial charge in [0.25, 0.3) is 0 Å². The third kappa shape index (κ3) is 7.42. The summed E-state index contributed by atoms with van der Waals surface area (Å²) >= 11 is 1.71. The summed E-state index contributed by atoms with van der Waals surface area (Å²) in [4.78, 5) is 5.47. The second kappa shape index (κ2) is 12.8. The number of rotatable bonds is 9. The van der Waals surface area contributed by atoms with Crippen LogP contribution in [0, 0.1) is 0 Å². The van der Waals surface area contributed by atoms with Crippen LogP contribution in [0.25, 0.3) is 0 Å². The Kier molecular flexibility index (Phi) is 11.1. The van der Waals surface area contributed by atoms with Crippen molar-refractivity contribution >= 4 is 41.3 Å². The third-order valence-corrected chi connectivity index (χ3v) is 4.95. The van der Waals surface area contributed by atoms with Gasteiger partial charge in [0.15, 0.2) is 17.5 Å². The molecule has 1 unspecified atom stereocenters. The van der Waals surface area contributed by atoms with Crippen molar-refractivity contribution in [1.82, 2.24) is 10.6 Å². The van der Waals surface area contributed by atoms with Gasteiger partial charge in [-0.15, -0.1) is 35.3 Å². The van der Waals surface area contributed by atoms with Crippen molar-refractivity contribution in [2.75, 3.05) is 20.2 Å². The van der Waals surface area contributed by atoms with Crippen molar-refractivity contribution in [3.05, 3.63) is 46.2 Å². The first kappa shape index (κ1) is 24.4. The average molecular weight is 525 g/mol. The van der Waals surface area contributed by atoms with Gasteiger partial charge in [-0.3, -0.25) is 4.99 Å². The fourth-order valence-electron chi connectivity index (χ4n) is 2.51. The number of ether oxygens (including phenoxy) is 2. The molecule has 28 heavy (non-hydrogen) atoms. The van der Waals surface area contributed by atoms with Crippen LogP contribution in [0.3, 0.4) is 0 Å². The van der Waals surface area contributed by atoms with Crippen molar-refractivity contribution in [2.45, 2.75) is 32.9 Å². The number of halogens is 3. The van der Waals surface area contributed by atoms with Gasteiger partial charge >= 0.3 is 6.61 Å². The fraction of sp³-hybridized carbons (Fsp3) is 0.421. The van der Waals surface area contributed by atoms with Crippen LogP contribution in [0.1, 0.15) is 30.2 Å². The number of para-hydroxylation sites is 1. The second-order valence-electron chi connectivity index (χ2n) is 5.78. The number of benzene rings is 1. The van der Waals surface area contributed by atoms with Crippen LogP contribution in [0.4, 0.5) is 8.78 Å². The lowest BCUT2D eigenvalue weighted by Crippen LogP contribution is -2.38. The molecule has 0 radical (unpaired) electrons. The summed E-state index contributed by atoms with van der Waals surface area (Å²) in [5.74, 6) is 1.27. The first-order chi connectivity index (χ1) is 13.0. The van der Waals surface area contributed by atoms with Gasteiger partial charge in [0.2, 0.25) is 0 Å². The summed E-state index contributed by atoms with van der Waals surface area (Å²) in [7, 11) is 1.67. The summed E-state index contributed by atoms with van der Waals surface area (Å²) in [6.45, 7) is 2.34. The van der Waals surface area contributed by atoms with Crippen molar-refractivity contribution in [2.24, 2.45) is 4.99 Å². The van der Waals surface area contributed by atoms with Crippen molar-refractivity contribution < 1.29 is 18.3 Å². The quantitative estimate of drug-likeness (QED) is 0.280. The van der Waals surface area contributed by atoms with Gasteiger partial charge in [-0.25, -0.2) is 0 Å². The highest BCUT2D eigenvalue weighted by Gasteiger charge is 2.16. The lowest BCUT2D eigenvalue weighted by Gasteiger charge is -2.18. The first-order valence-corrected chi connectivity index (χ1v) is 9.60. The number of nitrogens with one attached hydrogen (secondary N) is 2. The minimum absolute atomic E-state index is 0. The summed E-state index contributed by atoms with van der Waals surface area (Å²) in [6.07, 6.45) is 0. The van der Waals surface area contributed by atoms with Crippen LogP contribution < -0.4 is 20.1 Å². The van der Waals surface area contributed by atoms with E-state index in [-0.39, 0.29) is 36.3 Å². The number of hydrogen-bond donors (Lipinski definition) is 2.